The number of methoxy groups -OCH3 is 1. The van der Waals surface area contributed by atoms with Gasteiger partial charge in [0.15, 0.2) is 0 Å². The van der Waals surface area contributed by atoms with E-state index in [9.17, 15) is 0 Å². The van der Waals surface area contributed by atoms with Crippen LogP contribution in [-0.2, 0) is 9.47 Å². The molecule has 0 amide bonds. The van der Waals surface area contributed by atoms with Crippen LogP contribution in [0.3, 0.4) is 0 Å². The molecule has 1 saturated carbocycles. The number of rotatable bonds is 11. The molecule has 1 fully saturated rings. The van der Waals surface area contributed by atoms with E-state index in [0.29, 0.717) is 5.41 Å². The van der Waals surface area contributed by atoms with E-state index in [1.54, 1.807) is 7.11 Å². The van der Waals surface area contributed by atoms with Crippen molar-refractivity contribution < 1.29 is 9.47 Å². The minimum atomic E-state index is 0.368. The molecule has 0 aliphatic heterocycles. The van der Waals surface area contributed by atoms with Gasteiger partial charge in [-0.3, -0.25) is 0 Å². The lowest BCUT2D eigenvalue weighted by atomic mass is 9.69. The van der Waals surface area contributed by atoms with Crippen molar-refractivity contribution in [3.8, 4) is 0 Å². The molecule has 1 N–H and O–H groups in total. The Labute approximate surface area is 125 Å². The second-order valence-electron chi connectivity index (χ2n) is 6.39. The van der Waals surface area contributed by atoms with Gasteiger partial charge in [0.05, 0.1) is 13.2 Å². The Bertz CT molecular complexity index is 225. The first-order valence-electron chi connectivity index (χ1n) is 8.53. The van der Waals surface area contributed by atoms with Crippen molar-refractivity contribution in [2.75, 3.05) is 40.0 Å². The second kappa shape index (κ2) is 10.6. The van der Waals surface area contributed by atoms with E-state index in [2.05, 4.69) is 19.2 Å². The maximum atomic E-state index is 5.78. The standard InChI is InChI=1S/C17H35NO2/c1-4-6-7-16-8-10-17(11-9-16,15-20-5-2)14-18-12-13-19-3/h16,18H,4-15H2,1-3H3. The van der Waals surface area contributed by atoms with Crippen LogP contribution in [0.25, 0.3) is 0 Å². The molecule has 0 aromatic carbocycles. The zero-order valence-electron chi connectivity index (χ0n) is 13.9. The molecule has 0 aromatic heterocycles. The van der Waals surface area contributed by atoms with Crippen LogP contribution >= 0.6 is 0 Å². The third kappa shape index (κ3) is 6.55. The summed E-state index contributed by atoms with van der Waals surface area (Å²) < 4.78 is 10.9. The molecule has 0 spiro atoms. The Hall–Kier alpha value is -0.120. The van der Waals surface area contributed by atoms with Gasteiger partial charge in [0.1, 0.15) is 0 Å². The highest BCUT2D eigenvalue weighted by Gasteiger charge is 2.34. The van der Waals surface area contributed by atoms with Crippen LogP contribution in [0.5, 0.6) is 0 Å². The van der Waals surface area contributed by atoms with Crippen LogP contribution in [0.2, 0.25) is 0 Å². The number of ether oxygens (including phenoxy) is 2. The molecule has 1 rings (SSSR count). The van der Waals surface area contributed by atoms with Gasteiger partial charge in [0, 0.05) is 32.2 Å². The Kier molecular flexibility index (Phi) is 9.49. The van der Waals surface area contributed by atoms with E-state index in [1.807, 2.05) is 0 Å². The maximum Gasteiger partial charge on any atom is 0.0587 e. The Morgan fingerprint density at radius 1 is 1.20 bits per heavy atom. The molecule has 0 bridgehead atoms. The Morgan fingerprint density at radius 2 is 1.95 bits per heavy atom. The summed E-state index contributed by atoms with van der Waals surface area (Å²) >= 11 is 0. The fourth-order valence-corrected chi connectivity index (χ4v) is 3.29. The molecule has 0 saturated heterocycles. The second-order valence-corrected chi connectivity index (χ2v) is 6.39. The van der Waals surface area contributed by atoms with E-state index in [0.717, 1.165) is 38.8 Å². The highest BCUT2D eigenvalue weighted by atomic mass is 16.5. The summed E-state index contributed by atoms with van der Waals surface area (Å²) in [5.41, 5.74) is 0.368. The third-order valence-electron chi connectivity index (χ3n) is 4.73. The largest absolute Gasteiger partial charge is 0.383 e. The van der Waals surface area contributed by atoms with Crippen LogP contribution in [-0.4, -0.2) is 40.0 Å². The summed E-state index contributed by atoms with van der Waals surface area (Å²) in [4.78, 5) is 0. The molecule has 1 aliphatic carbocycles. The van der Waals surface area contributed by atoms with E-state index in [-0.39, 0.29) is 0 Å². The minimum Gasteiger partial charge on any atom is -0.383 e. The van der Waals surface area contributed by atoms with E-state index >= 15 is 0 Å². The summed E-state index contributed by atoms with van der Waals surface area (Å²) in [5, 5.41) is 3.56. The Balaban J connectivity index is 2.36. The molecule has 0 heterocycles. The first-order chi connectivity index (χ1) is 9.76. The number of hydrogen-bond acceptors (Lipinski definition) is 3. The van der Waals surface area contributed by atoms with Crippen molar-refractivity contribution in [1.29, 1.82) is 0 Å². The van der Waals surface area contributed by atoms with Gasteiger partial charge in [0.25, 0.3) is 0 Å². The van der Waals surface area contributed by atoms with Gasteiger partial charge in [-0.25, -0.2) is 0 Å². The molecule has 0 aromatic rings. The summed E-state index contributed by atoms with van der Waals surface area (Å²) in [5.74, 6) is 0.962. The monoisotopic (exact) mass is 285 g/mol. The Morgan fingerprint density at radius 3 is 2.55 bits per heavy atom. The quantitative estimate of drug-likeness (QED) is 0.588. The van der Waals surface area contributed by atoms with Gasteiger partial charge < -0.3 is 14.8 Å². The third-order valence-corrected chi connectivity index (χ3v) is 4.73. The van der Waals surface area contributed by atoms with Crippen molar-refractivity contribution in [3.63, 3.8) is 0 Å². The average Bonchev–Trinajstić information content (AvgIpc) is 2.49. The summed E-state index contributed by atoms with van der Waals surface area (Å²) in [6, 6.07) is 0. The fourth-order valence-electron chi connectivity index (χ4n) is 3.29. The summed E-state index contributed by atoms with van der Waals surface area (Å²) in [7, 11) is 1.76. The number of hydrogen-bond donors (Lipinski definition) is 1. The number of nitrogens with one attached hydrogen (secondary N) is 1. The predicted molar refractivity (Wildman–Crippen MR) is 85.2 cm³/mol. The van der Waals surface area contributed by atoms with Crippen LogP contribution in [0, 0.1) is 11.3 Å². The van der Waals surface area contributed by atoms with Crippen molar-refractivity contribution >= 4 is 0 Å². The first-order valence-corrected chi connectivity index (χ1v) is 8.53. The van der Waals surface area contributed by atoms with Crippen molar-refractivity contribution in [1.82, 2.24) is 5.32 Å². The van der Waals surface area contributed by atoms with Crippen LogP contribution in [0.15, 0.2) is 0 Å². The molecule has 20 heavy (non-hydrogen) atoms. The average molecular weight is 285 g/mol. The van der Waals surface area contributed by atoms with Gasteiger partial charge in [-0.2, -0.15) is 0 Å². The predicted octanol–water partition coefficient (Wildman–Crippen LogP) is 3.63. The van der Waals surface area contributed by atoms with Gasteiger partial charge in [-0.05, 0) is 38.5 Å². The molecule has 1 aliphatic rings. The van der Waals surface area contributed by atoms with E-state index < -0.39 is 0 Å². The molecule has 3 nitrogen and oxygen atoms in total. The van der Waals surface area contributed by atoms with Crippen molar-refractivity contribution in [2.45, 2.75) is 58.8 Å². The molecule has 120 valence electrons. The highest BCUT2D eigenvalue weighted by Crippen LogP contribution is 2.40. The smallest absolute Gasteiger partial charge is 0.0587 e. The topological polar surface area (TPSA) is 30.5 Å². The van der Waals surface area contributed by atoms with Gasteiger partial charge in [-0.15, -0.1) is 0 Å². The van der Waals surface area contributed by atoms with Crippen molar-refractivity contribution in [3.05, 3.63) is 0 Å². The zero-order chi connectivity index (χ0) is 14.7. The van der Waals surface area contributed by atoms with E-state index in [1.165, 1.54) is 44.9 Å². The highest BCUT2D eigenvalue weighted by molar-refractivity contribution is 4.87. The molecule has 0 unspecified atom stereocenters. The first kappa shape index (κ1) is 17.9. The van der Waals surface area contributed by atoms with Crippen LogP contribution in [0.4, 0.5) is 0 Å². The number of unbranched alkanes of at least 4 members (excludes halogenated alkanes) is 1. The minimum absolute atomic E-state index is 0.368. The van der Waals surface area contributed by atoms with Crippen LogP contribution in [0.1, 0.15) is 58.8 Å². The maximum absolute atomic E-state index is 5.78. The fraction of sp³-hybridized carbons (Fsp3) is 1.00. The normalized spacial score (nSPS) is 26.9. The van der Waals surface area contributed by atoms with Gasteiger partial charge >= 0.3 is 0 Å². The lowest BCUT2D eigenvalue weighted by Crippen LogP contribution is -2.42. The zero-order valence-corrected chi connectivity index (χ0v) is 13.9. The lowest BCUT2D eigenvalue weighted by molar-refractivity contribution is 0.0138. The molecular weight excluding hydrogens is 250 g/mol. The molecule has 0 atom stereocenters. The van der Waals surface area contributed by atoms with Gasteiger partial charge in [0.2, 0.25) is 0 Å². The molecule has 3 heteroatoms. The van der Waals surface area contributed by atoms with Gasteiger partial charge in [-0.1, -0.05) is 26.2 Å². The summed E-state index contributed by atoms with van der Waals surface area (Å²) in [6.07, 6.45) is 9.58. The molecular formula is C17H35NO2. The summed E-state index contributed by atoms with van der Waals surface area (Å²) in [6.45, 7) is 8.97. The SMILES string of the molecule is CCCCC1CCC(CNCCOC)(COCC)CC1. The van der Waals surface area contributed by atoms with Crippen molar-refractivity contribution in [2.24, 2.45) is 11.3 Å². The van der Waals surface area contributed by atoms with E-state index in [4.69, 9.17) is 9.47 Å². The molecule has 0 radical (unpaired) electrons. The lowest BCUT2D eigenvalue weighted by Gasteiger charge is -2.40. The van der Waals surface area contributed by atoms with Crippen LogP contribution < -0.4 is 5.32 Å².